The number of allylic oxidation sites excluding steroid dienone is 2. The average Bonchev–Trinajstić information content (AvgIpc) is 2.70. The molecule has 3 rings (SSSR count). The van der Waals surface area contributed by atoms with E-state index in [1.165, 1.54) is 0 Å². The number of para-hydroxylation sites is 1. The lowest BCUT2D eigenvalue weighted by Gasteiger charge is -2.38. The molecule has 27 heavy (non-hydrogen) atoms. The molecule has 0 saturated carbocycles. The van der Waals surface area contributed by atoms with Crippen molar-refractivity contribution in [2.45, 2.75) is 18.4 Å². The Kier molecular flexibility index (Phi) is 6.28. The molecule has 1 fully saturated rings. The SMILES string of the molecule is C=C/C=C(\C=C)CN1CCC(O)(c2ccc(Oc3ccccc3)cc2)CC1. The van der Waals surface area contributed by atoms with Crippen LogP contribution in [0.3, 0.4) is 0 Å². The van der Waals surface area contributed by atoms with Crippen molar-refractivity contribution in [2.24, 2.45) is 0 Å². The second kappa shape index (κ2) is 8.85. The van der Waals surface area contributed by atoms with Gasteiger partial charge in [-0.2, -0.15) is 0 Å². The van der Waals surface area contributed by atoms with Crippen LogP contribution in [0.5, 0.6) is 11.5 Å². The van der Waals surface area contributed by atoms with Gasteiger partial charge >= 0.3 is 0 Å². The summed E-state index contributed by atoms with van der Waals surface area (Å²) in [6, 6.07) is 17.5. The molecule has 0 radical (unpaired) electrons. The predicted molar refractivity (Wildman–Crippen MR) is 111 cm³/mol. The number of hydrogen-bond donors (Lipinski definition) is 1. The summed E-state index contributed by atoms with van der Waals surface area (Å²) < 4.78 is 5.84. The minimum absolute atomic E-state index is 0.713. The van der Waals surface area contributed by atoms with Crippen LogP contribution >= 0.6 is 0 Å². The zero-order valence-corrected chi connectivity index (χ0v) is 15.7. The highest BCUT2D eigenvalue weighted by molar-refractivity contribution is 5.35. The van der Waals surface area contributed by atoms with Crippen molar-refractivity contribution in [3.63, 3.8) is 0 Å². The lowest BCUT2D eigenvalue weighted by Crippen LogP contribution is -2.43. The van der Waals surface area contributed by atoms with E-state index in [0.29, 0.717) is 12.8 Å². The number of nitrogens with zero attached hydrogens (tertiary/aromatic N) is 1. The first kappa shape index (κ1) is 19.2. The first-order valence-electron chi connectivity index (χ1n) is 9.35. The molecule has 0 amide bonds. The maximum Gasteiger partial charge on any atom is 0.127 e. The van der Waals surface area contributed by atoms with Gasteiger partial charge in [0.2, 0.25) is 0 Å². The van der Waals surface area contributed by atoms with E-state index in [9.17, 15) is 5.11 Å². The van der Waals surface area contributed by atoms with Crippen LogP contribution in [0.1, 0.15) is 18.4 Å². The average molecular weight is 361 g/mol. The second-order valence-corrected chi connectivity index (χ2v) is 6.93. The topological polar surface area (TPSA) is 32.7 Å². The van der Waals surface area contributed by atoms with Crippen molar-refractivity contribution in [1.82, 2.24) is 4.90 Å². The van der Waals surface area contributed by atoms with Gasteiger partial charge in [-0.05, 0) is 48.2 Å². The summed E-state index contributed by atoms with van der Waals surface area (Å²) in [7, 11) is 0. The standard InChI is InChI=1S/C24H27NO2/c1-3-8-20(4-2)19-25-17-15-24(26,16-18-25)21-11-13-23(14-12-21)27-22-9-6-5-7-10-22/h3-14,26H,1-2,15-19H2/b20-8+. The largest absolute Gasteiger partial charge is 0.457 e. The fraction of sp³-hybridized carbons (Fsp3) is 0.250. The van der Waals surface area contributed by atoms with E-state index in [1.54, 1.807) is 6.08 Å². The predicted octanol–water partition coefficient (Wildman–Crippen LogP) is 5.06. The number of rotatable bonds is 7. The molecule has 3 nitrogen and oxygen atoms in total. The molecule has 0 spiro atoms. The summed E-state index contributed by atoms with van der Waals surface area (Å²) in [6.07, 6.45) is 7.07. The van der Waals surface area contributed by atoms with Crippen LogP contribution in [0.15, 0.2) is 91.6 Å². The Morgan fingerprint density at radius 3 is 2.22 bits per heavy atom. The molecular formula is C24H27NO2. The zero-order valence-electron chi connectivity index (χ0n) is 15.7. The Bertz CT molecular complexity index is 785. The monoisotopic (exact) mass is 361 g/mol. The third-order valence-electron chi connectivity index (χ3n) is 5.05. The van der Waals surface area contributed by atoms with E-state index in [1.807, 2.05) is 66.7 Å². The van der Waals surface area contributed by atoms with Crippen molar-refractivity contribution in [1.29, 1.82) is 0 Å². The van der Waals surface area contributed by atoms with Crippen LogP contribution in [0.2, 0.25) is 0 Å². The van der Waals surface area contributed by atoms with Crippen LogP contribution in [-0.2, 0) is 5.60 Å². The molecule has 0 aromatic heterocycles. The summed E-state index contributed by atoms with van der Waals surface area (Å²) >= 11 is 0. The van der Waals surface area contributed by atoms with Crippen molar-refractivity contribution in [3.8, 4) is 11.5 Å². The second-order valence-electron chi connectivity index (χ2n) is 6.93. The van der Waals surface area contributed by atoms with E-state index in [-0.39, 0.29) is 0 Å². The normalized spacial score (nSPS) is 17.3. The number of piperidine rings is 1. The molecule has 0 unspecified atom stereocenters. The molecular weight excluding hydrogens is 334 g/mol. The summed E-state index contributed by atoms with van der Waals surface area (Å²) in [5.74, 6) is 1.58. The Morgan fingerprint density at radius 2 is 1.63 bits per heavy atom. The molecule has 0 aliphatic carbocycles. The summed E-state index contributed by atoms with van der Waals surface area (Å²) in [4.78, 5) is 2.35. The third kappa shape index (κ3) is 4.97. The first-order chi connectivity index (χ1) is 13.1. The van der Waals surface area contributed by atoms with Gasteiger partial charge in [0.05, 0.1) is 5.60 Å². The highest BCUT2D eigenvalue weighted by Gasteiger charge is 2.33. The summed E-state index contributed by atoms with van der Waals surface area (Å²) in [6.45, 7) is 10.1. The Balaban J connectivity index is 1.61. The van der Waals surface area contributed by atoms with Crippen molar-refractivity contribution < 1.29 is 9.84 Å². The molecule has 2 aromatic rings. The van der Waals surface area contributed by atoms with Gasteiger partial charge < -0.3 is 9.84 Å². The number of hydrogen-bond acceptors (Lipinski definition) is 3. The summed E-state index contributed by atoms with van der Waals surface area (Å²) in [5, 5.41) is 11.1. The quantitative estimate of drug-likeness (QED) is 0.700. The molecule has 1 aliphatic rings. The van der Waals surface area contributed by atoms with Crippen molar-refractivity contribution >= 4 is 0 Å². The minimum atomic E-state index is -0.779. The van der Waals surface area contributed by atoms with Gasteiger partial charge in [0.1, 0.15) is 11.5 Å². The van der Waals surface area contributed by atoms with Gasteiger partial charge in [0.25, 0.3) is 0 Å². The lowest BCUT2D eigenvalue weighted by molar-refractivity contribution is -0.0237. The first-order valence-corrected chi connectivity index (χ1v) is 9.35. The number of ether oxygens (including phenoxy) is 1. The van der Waals surface area contributed by atoms with Gasteiger partial charge in [0, 0.05) is 19.6 Å². The minimum Gasteiger partial charge on any atom is -0.457 e. The maximum absolute atomic E-state index is 11.1. The van der Waals surface area contributed by atoms with Crippen molar-refractivity contribution in [2.75, 3.05) is 19.6 Å². The molecule has 0 atom stereocenters. The zero-order chi connectivity index (χ0) is 19.1. The summed E-state index contributed by atoms with van der Waals surface area (Å²) in [5.41, 5.74) is 1.32. The Labute approximate surface area is 161 Å². The van der Waals surface area contributed by atoms with Crippen LogP contribution in [0.25, 0.3) is 0 Å². The van der Waals surface area contributed by atoms with Gasteiger partial charge in [-0.3, -0.25) is 4.90 Å². The molecule has 1 heterocycles. The van der Waals surface area contributed by atoms with Crippen LogP contribution in [-0.4, -0.2) is 29.6 Å². The molecule has 140 valence electrons. The molecule has 2 aromatic carbocycles. The van der Waals surface area contributed by atoms with E-state index in [4.69, 9.17) is 4.74 Å². The molecule has 0 bridgehead atoms. The van der Waals surface area contributed by atoms with Gasteiger partial charge in [-0.1, -0.05) is 61.7 Å². The van der Waals surface area contributed by atoms with Crippen LogP contribution < -0.4 is 4.74 Å². The van der Waals surface area contributed by atoms with Gasteiger partial charge in [0.15, 0.2) is 0 Å². The maximum atomic E-state index is 11.1. The highest BCUT2D eigenvalue weighted by Crippen LogP contribution is 2.34. The third-order valence-corrected chi connectivity index (χ3v) is 5.05. The number of likely N-dealkylation sites (tertiary alicyclic amines) is 1. The number of aliphatic hydroxyl groups is 1. The lowest BCUT2D eigenvalue weighted by atomic mass is 9.84. The molecule has 1 aliphatic heterocycles. The van der Waals surface area contributed by atoms with E-state index in [2.05, 4.69) is 18.1 Å². The Hall–Kier alpha value is -2.62. The van der Waals surface area contributed by atoms with E-state index < -0.39 is 5.60 Å². The van der Waals surface area contributed by atoms with E-state index in [0.717, 1.165) is 42.3 Å². The Morgan fingerprint density at radius 1 is 1.00 bits per heavy atom. The van der Waals surface area contributed by atoms with Gasteiger partial charge in [-0.25, -0.2) is 0 Å². The smallest absolute Gasteiger partial charge is 0.127 e. The molecule has 3 heteroatoms. The van der Waals surface area contributed by atoms with Crippen LogP contribution in [0.4, 0.5) is 0 Å². The van der Waals surface area contributed by atoms with Gasteiger partial charge in [-0.15, -0.1) is 0 Å². The fourth-order valence-corrected chi connectivity index (χ4v) is 3.42. The highest BCUT2D eigenvalue weighted by atomic mass is 16.5. The molecule has 1 saturated heterocycles. The fourth-order valence-electron chi connectivity index (χ4n) is 3.42. The van der Waals surface area contributed by atoms with Crippen LogP contribution in [0, 0.1) is 0 Å². The molecule has 1 N–H and O–H groups in total. The number of benzene rings is 2. The van der Waals surface area contributed by atoms with E-state index >= 15 is 0 Å². The van der Waals surface area contributed by atoms with Crippen molar-refractivity contribution in [3.05, 3.63) is 97.1 Å².